The normalized spacial score (nSPS) is 14.3. The lowest BCUT2D eigenvalue weighted by Gasteiger charge is -2.17. The quantitative estimate of drug-likeness (QED) is 0.875. The van der Waals surface area contributed by atoms with Crippen LogP contribution in [0, 0.1) is 0 Å². The van der Waals surface area contributed by atoms with Crippen molar-refractivity contribution in [2.45, 2.75) is 12.8 Å². The van der Waals surface area contributed by atoms with Gasteiger partial charge in [-0.3, -0.25) is 0 Å². The highest BCUT2D eigenvalue weighted by Crippen LogP contribution is 2.24. The molecule has 1 heterocycles. The van der Waals surface area contributed by atoms with Crippen molar-refractivity contribution in [3.63, 3.8) is 0 Å². The molecule has 1 aliphatic carbocycles. The van der Waals surface area contributed by atoms with Crippen molar-refractivity contribution in [1.82, 2.24) is 9.97 Å². The highest BCUT2D eigenvalue weighted by atomic mass is 35.5. The Morgan fingerprint density at radius 1 is 1.40 bits per heavy atom. The highest BCUT2D eigenvalue weighted by molar-refractivity contribution is 6.31. The van der Waals surface area contributed by atoms with Crippen LogP contribution in [-0.2, 0) is 4.74 Å². The summed E-state index contributed by atoms with van der Waals surface area (Å²) < 4.78 is 22.6. The molecular weight excluding hydrogens is 285 g/mol. The minimum atomic E-state index is -0.532. The minimum Gasteiger partial charge on any atom is -0.489 e. The van der Waals surface area contributed by atoms with Crippen LogP contribution in [0.1, 0.15) is 12.8 Å². The van der Waals surface area contributed by atoms with E-state index in [1.54, 1.807) is 0 Å². The van der Waals surface area contributed by atoms with Crippen molar-refractivity contribution >= 4 is 17.5 Å². The Morgan fingerprint density at radius 2 is 2.20 bits per heavy atom. The number of hydrogen-bond acceptors (Lipinski definition) is 5. The number of allylic oxidation sites excluding steroid dienone is 2. The van der Waals surface area contributed by atoms with Gasteiger partial charge in [-0.1, -0.05) is 17.7 Å². The summed E-state index contributed by atoms with van der Waals surface area (Å²) in [6.07, 6.45) is 7.04. The number of alkyl halides is 1. The molecule has 0 aliphatic heterocycles. The standard InChI is InChI=1S/C13H15ClFN3O2/c1-19-12-9(14)8-16-13(18-12)17-10-4-2-3-5-11(10)20-7-6-15/h4-5,8H,2-3,6-7H2,1H3,(H,16,17,18). The molecule has 1 aromatic heterocycles. The molecule has 108 valence electrons. The molecule has 0 aromatic carbocycles. The topological polar surface area (TPSA) is 56.3 Å². The summed E-state index contributed by atoms with van der Waals surface area (Å²) in [5, 5.41) is 3.36. The third kappa shape index (κ3) is 3.60. The number of nitrogens with zero attached hydrogens (tertiary/aromatic N) is 2. The van der Waals surface area contributed by atoms with Crippen molar-refractivity contribution in [2.75, 3.05) is 25.7 Å². The summed E-state index contributed by atoms with van der Waals surface area (Å²) in [5.41, 5.74) is 0.717. The number of nitrogens with one attached hydrogen (secondary N) is 1. The lowest BCUT2D eigenvalue weighted by molar-refractivity contribution is 0.192. The van der Waals surface area contributed by atoms with Gasteiger partial charge in [0.2, 0.25) is 11.8 Å². The Hall–Kier alpha value is -1.82. The minimum absolute atomic E-state index is 0.0235. The molecular formula is C13H15ClFN3O2. The summed E-state index contributed by atoms with van der Waals surface area (Å²) in [5.74, 6) is 1.23. The van der Waals surface area contributed by atoms with Gasteiger partial charge in [-0.05, 0) is 18.9 Å². The number of hydrogen-bond donors (Lipinski definition) is 1. The zero-order chi connectivity index (χ0) is 14.4. The largest absolute Gasteiger partial charge is 0.489 e. The van der Waals surface area contributed by atoms with Crippen LogP contribution in [-0.4, -0.2) is 30.4 Å². The number of ether oxygens (including phenoxy) is 2. The predicted octanol–water partition coefficient (Wildman–Crippen LogP) is 3.10. The van der Waals surface area contributed by atoms with Gasteiger partial charge in [-0.25, -0.2) is 9.37 Å². The van der Waals surface area contributed by atoms with Crippen LogP contribution in [0.25, 0.3) is 0 Å². The maximum Gasteiger partial charge on any atom is 0.237 e. The molecule has 0 unspecified atom stereocenters. The molecule has 0 fully saturated rings. The Kier molecular flexibility index (Phi) is 5.17. The van der Waals surface area contributed by atoms with Gasteiger partial charge in [0.1, 0.15) is 24.1 Å². The number of methoxy groups -OCH3 is 1. The zero-order valence-corrected chi connectivity index (χ0v) is 11.8. The first-order valence-electron chi connectivity index (χ1n) is 6.17. The third-order valence-corrected chi connectivity index (χ3v) is 2.86. The first-order chi connectivity index (χ1) is 9.74. The first-order valence-corrected chi connectivity index (χ1v) is 6.55. The van der Waals surface area contributed by atoms with Crippen molar-refractivity contribution in [3.05, 3.63) is 34.8 Å². The molecule has 0 bridgehead atoms. The van der Waals surface area contributed by atoms with Crippen molar-refractivity contribution in [3.8, 4) is 5.88 Å². The van der Waals surface area contributed by atoms with Crippen molar-refractivity contribution in [2.24, 2.45) is 0 Å². The zero-order valence-electron chi connectivity index (χ0n) is 11.0. The van der Waals surface area contributed by atoms with Gasteiger partial charge in [-0.15, -0.1) is 0 Å². The molecule has 2 rings (SSSR count). The number of rotatable bonds is 6. The lowest BCUT2D eigenvalue weighted by atomic mass is 10.1. The lowest BCUT2D eigenvalue weighted by Crippen LogP contribution is -2.11. The van der Waals surface area contributed by atoms with E-state index in [1.807, 2.05) is 12.2 Å². The fourth-order valence-electron chi connectivity index (χ4n) is 1.73. The second-order valence-corrected chi connectivity index (χ2v) is 4.38. The average molecular weight is 300 g/mol. The van der Waals surface area contributed by atoms with E-state index < -0.39 is 6.67 Å². The van der Waals surface area contributed by atoms with Gasteiger partial charge in [0.25, 0.3) is 0 Å². The monoisotopic (exact) mass is 299 g/mol. The number of aromatic nitrogens is 2. The fourth-order valence-corrected chi connectivity index (χ4v) is 1.89. The van der Waals surface area contributed by atoms with Gasteiger partial charge in [0.05, 0.1) is 19.0 Å². The molecule has 5 nitrogen and oxygen atoms in total. The molecule has 0 saturated carbocycles. The highest BCUT2D eigenvalue weighted by Gasteiger charge is 2.13. The van der Waals surface area contributed by atoms with E-state index in [-0.39, 0.29) is 12.5 Å². The molecule has 0 amide bonds. The van der Waals surface area contributed by atoms with Crippen molar-refractivity contribution in [1.29, 1.82) is 0 Å². The van der Waals surface area contributed by atoms with Crippen LogP contribution in [0.15, 0.2) is 29.8 Å². The van der Waals surface area contributed by atoms with Crippen LogP contribution < -0.4 is 10.1 Å². The Balaban J connectivity index is 2.11. The predicted molar refractivity (Wildman–Crippen MR) is 74.5 cm³/mol. The fraction of sp³-hybridized carbons (Fsp3) is 0.385. The molecule has 0 radical (unpaired) electrons. The Labute approximate surface area is 121 Å². The Bertz CT molecular complexity index is 534. The van der Waals surface area contributed by atoms with Gasteiger partial charge in [0, 0.05) is 0 Å². The van der Waals surface area contributed by atoms with Crippen LogP contribution in [0.4, 0.5) is 10.3 Å². The SMILES string of the molecule is COc1nc(NC2=CCCC=C2OCCF)ncc1Cl. The van der Waals surface area contributed by atoms with Crippen LogP contribution in [0.3, 0.4) is 0 Å². The van der Waals surface area contributed by atoms with Gasteiger partial charge in [0.15, 0.2) is 0 Å². The van der Waals surface area contributed by atoms with E-state index in [9.17, 15) is 4.39 Å². The van der Waals surface area contributed by atoms with Gasteiger partial charge in [-0.2, -0.15) is 4.98 Å². The molecule has 20 heavy (non-hydrogen) atoms. The summed E-state index contributed by atoms with van der Waals surface area (Å²) in [7, 11) is 1.48. The van der Waals surface area contributed by atoms with E-state index in [0.29, 0.717) is 22.4 Å². The van der Waals surface area contributed by atoms with E-state index in [2.05, 4.69) is 15.3 Å². The van der Waals surface area contributed by atoms with Crippen LogP contribution in [0.2, 0.25) is 5.02 Å². The van der Waals surface area contributed by atoms with E-state index in [0.717, 1.165) is 12.8 Å². The maximum absolute atomic E-state index is 12.2. The summed E-state index contributed by atoms with van der Waals surface area (Å²) in [6.45, 7) is -0.508. The molecule has 0 spiro atoms. The summed E-state index contributed by atoms with van der Waals surface area (Å²) in [4.78, 5) is 8.19. The second kappa shape index (κ2) is 7.09. The Morgan fingerprint density at radius 3 is 2.95 bits per heavy atom. The molecule has 0 saturated heterocycles. The molecule has 1 N–H and O–H groups in total. The van der Waals surface area contributed by atoms with Crippen LogP contribution in [0.5, 0.6) is 5.88 Å². The molecule has 1 aliphatic rings. The van der Waals surface area contributed by atoms with Crippen molar-refractivity contribution < 1.29 is 13.9 Å². The smallest absolute Gasteiger partial charge is 0.237 e. The number of anilines is 1. The van der Waals surface area contributed by atoms with E-state index >= 15 is 0 Å². The summed E-state index contributed by atoms with van der Waals surface area (Å²) in [6, 6.07) is 0. The molecule has 1 aromatic rings. The van der Waals surface area contributed by atoms with E-state index in [1.165, 1.54) is 13.3 Å². The maximum atomic E-state index is 12.2. The van der Waals surface area contributed by atoms with Crippen LogP contribution >= 0.6 is 11.6 Å². The van der Waals surface area contributed by atoms with E-state index in [4.69, 9.17) is 21.1 Å². The van der Waals surface area contributed by atoms with Gasteiger partial charge >= 0.3 is 0 Å². The molecule has 0 atom stereocenters. The third-order valence-electron chi connectivity index (χ3n) is 2.60. The molecule has 7 heteroatoms. The summed E-state index contributed by atoms with van der Waals surface area (Å²) >= 11 is 5.87. The number of halogens is 2. The average Bonchev–Trinajstić information content (AvgIpc) is 2.48. The van der Waals surface area contributed by atoms with Gasteiger partial charge < -0.3 is 14.8 Å². The first kappa shape index (κ1) is 14.6. The second-order valence-electron chi connectivity index (χ2n) is 3.98.